The molecule has 2 heterocycles. The first-order valence-corrected chi connectivity index (χ1v) is 8.06. The van der Waals surface area contributed by atoms with Crippen molar-refractivity contribution in [3.63, 3.8) is 0 Å². The van der Waals surface area contributed by atoms with Crippen molar-refractivity contribution >= 4 is 11.8 Å². The first-order valence-electron chi connectivity index (χ1n) is 7.07. The zero-order valence-corrected chi connectivity index (χ0v) is 12.5. The molecule has 0 saturated heterocycles. The molecule has 4 rings (SSSR count). The highest BCUT2D eigenvalue weighted by Crippen LogP contribution is 2.37. The van der Waals surface area contributed by atoms with Gasteiger partial charge in [0.25, 0.3) is 0 Å². The van der Waals surface area contributed by atoms with E-state index in [-0.39, 0.29) is 0 Å². The van der Waals surface area contributed by atoms with Gasteiger partial charge in [-0.3, -0.25) is 4.57 Å². The topological polar surface area (TPSA) is 30.7 Å². The van der Waals surface area contributed by atoms with E-state index >= 15 is 0 Å². The van der Waals surface area contributed by atoms with Crippen molar-refractivity contribution in [3.05, 3.63) is 60.4 Å². The number of benzene rings is 2. The molecule has 3 aromatic rings. The molecule has 0 bridgehead atoms. The standard InChI is InChI=1S/C17H15N3S/c1-12-11-21-15-10-6-5-9-14(15)20-16(12)18-19-17(20)13-7-3-2-4-8-13/h2-10,12H,11H2,1H3/t12-/m0/s1. The minimum absolute atomic E-state index is 0.382. The van der Waals surface area contributed by atoms with Crippen LogP contribution in [0.15, 0.2) is 59.5 Å². The Bertz CT molecular complexity index is 780. The number of hydrogen-bond donors (Lipinski definition) is 0. The summed E-state index contributed by atoms with van der Waals surface area (Å²) in [6, 6.07) is 18.8. The summed E-state index contributed by atoms with van der Waals surface area (Å²) >= 11 is 1.89. The number of para-hydroxylation sites is 1. The van der Waals surface area contributed by atoms with Crippen molar-refractivity contribution in [3.8, 4) is 17.1 Å². The van der Waals surface area contributed by atoms with Crippen molar-refractivity contribution in [1.29, 1.82) is 0 Å². The van der Waals surface area contributed by atoms with Crippen molar-refractivity contribution in [1.82, 2.24) is 14.8 Å². The molecule has 0 fully saturated rings. The normalized spacial score (nSPS) is 16.9. The van der Waals surface area contributed by atoms with Gasteiger partial charge in [-0.2, -0.15) is 0 Å². The quantitative estimate of drug-likeness (QED) is 0.675. The van der Waals surface area contributed by atoms with Crippen molar-refractivity contribution < 1.29 is 0 Å². The fraction of sp³-hybridized carbons (Fsp3) is 0.176. The van der Waals surface area contributed by atoms with E-state index in [2.05, 4.69) is 58.1 Å². The average molecular weight is 293 g/mol. The predicted octanol–water partition coefficient (Wildman–Crippen LogP) is 4.14. The lowest BCUT2D eigenvalue weighted by molar-refractivity contribution is 0.760. The fourth-order valence-electron chi connectivity index (χ4n) is 2.68. The molecule has 1 aliphatic heterocycles. The Kier molecular flexibility index (Phi) is 3.04. The van der Waals surface area contributed by atoms with Crippen LogP contribution in [0.2, 0.25) is 0 Å². The maximum absolute atomic E-state index is 4.47. The van der Waals surface area contributed by atoms with Gasteiger partial charge in [0.15, 0.2) is 5.82 Å². The van der Waals surface area contributed by atoms with Gasteiger partial charge in [-0.25, -0.2) is 0 Å². The van der Waals surface area contributed by atoms with Crippen molar-refractivity contribution in [2.45, 2.75) is 17.7 Å². The lowest BCUT2D eigenvalue weighted by Gasteiger charge is -2.11. The molecule has 0 aliphatic carbocycles. The highest BCUT2D eigenvalue weighted by atomic mass is 32.2. The molecule has 1 aliphatic rings. The minimum Gasteiger partial charge on any atom is -0.278 e. The Labute approximate surface area is 128 Å². The first kappa shape index (κ1) is 12.7. The molecule has 3 nitrogen and oxygen atoms in total. The van der Waals surface area contributed by atoms with E-state index in [1.165, 1.54) is 10.6 Å². The Morgan fingerprint density at radius 1 is 1.00 bits per heavy atom. The number of hydrogen-bond acceptors (Lipinski definition) is 3. The second-order valence-electron chi connectivity index (χ2n) is 5.26. The lowest BCUT2D eigenvalue weighted by atomic mass is 10.1. The van der Waals surface area contributed by atoms with Gasteiger partial charge < -0.3 is 0 Å². The second kappa shape index (κ2) is 5.04. The molecule has 21 heavy (non-hydrogen) atoms. The van der Waals surface area contributed by atoms with Gasteiger partial charge in [0.1, 0.15) is 5.82 Å². The Morgan fingerprint density at radius 3 is 2.62 bits per heavy atom. The van der Waals surface area contributed by atoms with Crippen LogP contribution >= 0.6 is 11.8 Å². The maximum atomic E-state index is 4.47. The largest absolute Gasteiger partial charge is 0.278 e. The summed E-state index contributed by atoms with van der Waals surface area (Å²) in [6.07, 6.45) is 0. The smallest absolute Gasteiger partial charge is 0.168 e. The molecule has 0 spiro atoms. The van der Waals surface area contributed by atoms with Crippen LogP contribution in [0.5, 0.6) is 0 Å². The predicted molar refractivity (Wildman–Crippen MR) is 85.9 cm³/mol. The molecule has 0 amide bonds. The highest BCUT2D eigenvalue weighted by molar-refractivity contribution is 7.99. The zero-order chi connectivity index (χ0) is 14.2. The Morgan fingerprint density at radius 2 is 1.76 bits per heavy atom. The van der Waals surface area contributed by atoms with Crippen LogP contribution in [0.1, 0.15) is 18.7 Å². The molecule has 1 atom stereocenters. The molecule has 0 N–H and O–H groups in total. The molecule has 1 aromatic heterocycles. The van der Waals surface area contributed by atoms with Crippen LogP contribution in [0.25, 0.3) is 17.1 Å². The van der Waals surface area contributed by atoms with Crippen LogP contribution in [-0.2, 0) is 0 Å². The number of thioether (sulfide) groups is 1. The van der Waals surface area contributed by atoms with Crippen LogP contribution in [0, 0.1) is 0 Å². The lowest BCUT2D eigenvalue weighted by Crippen LogP contribution is -2.05. The van der Waals surface area contributed by atoms with Crippen molar-refractivity contribution in [2.24, 2.45) is 0 Å². The van der Waals surface area contributed by atoms with Crippen LogP contribution in [0.4, 0.5) is 0 Å². The van der Waals surface area contributed by atoms with E-state index in [0.717, 1.165) is 23.0 Å². The third kappa shape index (κ3) is 2.07. The summed E-state index contributed by atoms with van der Waals surface area (Å²) in [5.41, 5.74) is 2.29. The summed E-state index contributed by atoms with van der Waals surface area (Å²) in [7, 11) is 0. The Balaban J connectivity index is 2.00. The average Bonchev–Trinajstić information content (AvgIpc) is 2.93. The molecule has 0 saturated carbocycles. The Hall–Kier alpha value is -2.07. The van der Waals surface area contributed by atoms with Gasteiger partial charge in [-0.1, -0.05) is 49.4 Å². The summed E-state index contributed by atoms with van der Waals surface area (Å²) in [5.74, 6) is 3.38. The molecule has 2 aromatic carbocycles. The first-order chi connectivity index (χ1) is 10.3. The number of nitrogens with zero attached hydrogens (tertiary/aromatic N) is 3. The molecule has 0 radical (unpaired) electrons. The molecular formula is C17H15N3S. The number of aromatic nitrogens is 3. The van der Waals surface area contributed by atoms with Gasteiger partial charge in [0.05, 0.1) is 5.69 Å². The third-order valence-corrected chi connectivity index (χ3v) is 5.08. The summed E-state index contributed by atoms with van der Waals surface area (Å²) in [6.45, 7) is 2.22. The number of fused-ring (bicyclic) bond motifs is 3. The molecular weight excluding hydrogens is 278 g/mol. The van der Waals surface area contributed by atoms with E-state index < -0.39 is 0 Å². The minimum atomic E-state index is 0.382. The van der Waals surface area contributed by atoms with Gasteiger partial charge in [0.2, 0.25) is 0 Å². The van der Waals surface area contributed by atoms with Crippen LogP contribution < -0.4 is 0 Å². The van der Waals surface area contributed by atoms with Gasteiger partial charge in [0, 0.05) is 22.1 Å². The van der Waals surface area contributed by atoms with Gasteiger partial charge in [-0.05, 0) is 12.1 Å². The maximum Gasteiger partial charge on any atom is 0.168 e. The van der Waals surface area contributed by atoms with E-state index in [4.69, 9.17) is 0 Å². The van der Waals surface area contributed by atoms with Crippen molar-refractivity contribution in [2.75, 3.05) is 5.75 Å². The summed E-state index contributed by atoms with van der Waals surface area (Å²) < 4.78 is 2.22. The molecule has 0 unspecified atom stereocenters. The zero-order valence-electron chi connectivity index (χ0n) is 11.7. The van der Waals surface area contributed by atoms with E-state index in [1.807, 2.05) is 30.0 Å². The van der Waals surface area contributed by atoms with E-state index in [1.54, 1.807) is 0 Å². The highest BCUT2D eigenvalue weighted by Gasteiger charge is 2.24. The third-order valence-electron chi connectivity index (χ3n) is 3.76. The number of rotatable bonds is 1. The monoisotopic (exact) mass is 293 g/mol. The van der Waals surface area contributed by atoms with Crippen LogP contribution in [0.3, 0.4) is 0 Å². The molecule has 4 heteroatoms. The summed E-state index contributed by atoms with van der Waals surface area (Å²) in [5, 5.41) is 8.94. The summed E-state index contributed by atoms with van der Waals surface area (Å²) in [4.78, 5) is 1.29. The fourth-order valence-corrected chi connectivity index (χ4v) is 3.74. The SMILES string of the molecule is C[C@H]1CSc2ccccc2-n2c(-c3ccccc3)nnc21. The van der Waals surface area contributed by atoms with E-state index in [9.17, 15) is 0 Å². The van der Waals surface area contributed by atoms with Gasteiger partial charge in [-0.15, -0.1) is 22.0 Å². The second-order valence-corrected chi connectivity index (χ2v) is 6.32. The van der Waals surface area contributed by atoms with Gasteiger partial charge >= 0.3 is 0 Å². The van der Waals surface area contributed by atoms with E-state index in [0.29, 0.717) is 5.92 Å². The molecule has 104 valence electrons. The van der Waals surface area contributed by atoms with Crippen LogP contribution in [-0.4, -0.2) is 20.5 Å².